The maximum atomic E-state index is 5.66. The number of thiophene rings is 1. The molecule has 1 aromatic heterocycles. The largest absolute Gasteiger partial charge is 0.381 e. The Balaban J connectivity index is 1.96. The van der Waals surface area contributed by atoms with Crippen LogP contribution in [0.2, 0.25) is 0 Å². The molecule has 0 bridgehead atoms. The Morgan fingerprint density at radius 1 is 1.14 bits per heavy atom. The first-order valence-corrected chi connectivity index (χ1v) is 8.99. The standard InChI is InChI=1S/C18H27NOS/c1-3-10-19-16(9-12-20-11-4-2)13-15-14-21-18-8-6-5-7-17(15)18/h5-8,14,16,19H,3-4,9-13H2,1-2H3. The number of rotatable bonds is 10. The molecular formula is C18H27NOS. The minimum absolute atomic E-state index is 0.514. The highest BCUT2D eigenvalue weighted by Crippen LogP contribution is 2.26. The molecule has 0 aliphatic carbocycles. The molecule has 0 fully saturated rings. The molecule has 2 aromatic rings. The first kappa shape index (κ1) is 16.5. The summed E-state index contributed by atoms with van der Waals surface area (Å²) in [5, 5.41) is 7.41. The molecule has 1 aromatic carbocycles. The lowest BCUT2D eigenvalue weighted by Gasteiger charge is -2.18. The number of nitrogens with one attached hydrogen (secondary N) is 1. The SMILES string of the molecule is CCCNC(CCOCCC)Cc1csc2ccccc12. The molecule has 116 valence electrons. The third-order valence-electron chi connectivity index (χ3n) is 3.67. The average Bonchev–Trinajstić information content (AvgIpc) is 2.92. The Morgan fingerprint density at radius 3 is 2.81 bits per heavy atom. The number of fused-ring (bicyclic) bond motifs is 1. The molecule has 0 aliphatic rings. The summed E-state index contributed by atoms with van der Waals surface area (Å²) in [7, 11) is 0. The van der Waals surface area contributed by atoms with Gasteiger partial charge in [-0.3, -0.25) is 0 Å². The fourth-order valence-electron chi connectivity index (χ4n) is 2.55. The van der Waals surface area contributed by atoms with Gasteiger partial charge in [0.25, 0.3) is 0 Å². The van der Waals surface area contributed by atoms with Crippen LogP contribution in [0.3, 0.4) is 0 Å². The Kier molecular flexibility index (Phi) is 7.20. The maximum Gasteiger partial charge on any atom is 0.0480 e. The quantitative estimate of drug-likeness (QED) is 0.646. The molecule has 2 rings (SSSR count). The highest BCUT2D eigenvalue weighted by molar-refractivity contribution is 7.17. The molecule has 0 saturated carbocycles. The van der Waals surface area contributed by atoms with Crippen LogP contribution in [0.5, 0.6) is 0 Å². The molecule has 2 nitrogen and oxygen atoms in total. The van der Waals surface area contributed by atoms with Crippen LogP contribution in [0.25, 0.3) is 10.1 Å². The summed E-state index contributed by atoms with van der Waals surface area (Å²) in [6.45, 7) is 7.20. The van der Waals surface area contributed by atoms with Crippen molar-refractivity contribution in [1.82, 2.24) is 5.32 Å². The highest BCUT2D eigenvalue weighted by Gasteiger charge is 2.12. The zero-order valence-corrected chi connectivity index (χ0v) is 14.0. The van der Waals surface area contributed by atoms with Crippen molar-refractivity contribution < 1.29 is 4.74 Å². The van der Waals surface area contributed by atoms with Crippen LogP contribution in [-0.4, -0.2) is 25.8 Å². The first-order chi connectivity index (χ1) is 10.3. The summed E-state index contributed by atoms with van der Waals surface area (Å²) in [4.78, 5) is 0. The fourth-order valence-corrected chi connectivity index (χ4v) is 3.53. The van der Waals surface area contributed by atoms with E-state index >= 15 is 0 Å². The summed E-state index contributed by atoms with van der Waals surface area (Å²) in [5.41, 5.74) is 1.47. The molecule has 1 N–H and O–H groups in total. The van der Waals surface area contributed by atoms with Gasteiger partial charge in [0.2, 0.25) is 0 Å². The topological polar surface area (TPSA) is 21.3 Å². The lowest BCUT2D eigenvalue weighted by molar-refractivity contribution is 0.124. The van der Waals surface area contributed by atoms with Crippen LogP contribution in [0.1, 0.15) is 38.7 Å². The number of ether oxygens (including phenoxy) is 1. The maximum absolute atomic E-state index is 5.66. The molecule has 0 saturated heterocycles. The molecule has 3 heteroatoms. The van der Waals surface area contributed by atoms with Gasteiger partial charge in [0, 0.05) is 24.0 Å². The zero-order chi connectivity index (χ0) is 14.9. The van der Waals surface area contributed by atoms with Crippen LogP contribution in [0, 0.1) is 0 Å². The third-order valence-corrected chi connectivity index (χ3v) is 4.68. The second-order valence-corrected chi connectivity index (χ2v) is 6.42. The van der Waals surface area contributed by atoms with Gasteiger partial charge in [0.15, 0.2) is 0 Å². The van der Waals surface area contributed by atoms with E-state index in [1.807, 2.05) is 11.3 Å². The van der Waals surface area contributed by atoms with Crippen LogP contribution in [-0.2, 0) is 11.2 Å². The number of benzene rings is 1. The highest BCUT2D eigenvalue weighted by atomic mass is 32.1. The Morgan fingerprint density at radius 2 is 2.00 bits per heavy atom. The van der Waals surface area contributed by atoms with E-state index in [4.69, 9.17) is 4.74 Å². The van der Waals surface area contributed by atoms with Crippen molar-refractivity contribution in [3.05, 3.63) is 35.2 Å². The van der Waals surface area contributed by atoms with E-state index in [1.165, 1.54) is 22.1 Å². The van der Waals surface area contributed by atoms with E-state index in [9.17, 15) is 0 Å². The van der Waals surface area contributed by atoms with Crippen LogP contribution in [0.15, 0.2) is 29.6 Å². The molecule has 0 aliphatic heterocycles. The van der Waals surface area contributed by atoms with Gasteiger partial charge >= 0.3 is 0 Å². The van der Waals surface area contributed by atoms with Crippen molar-refractivity contribution in [2.45, 2.75) is 45.6 Å². The molecule has 1 atom stereocenters. The van der Waals surface area contributed by atoms with Gasteiger partial charge in [-0.1, -0.05) is 32.0 Å². The van der Waals surface area contributed by atoms with Crippen molar-refractivity contribution in [2.75, 3.05) is 19.8 Å². The predicted octanol–water partition coefficient (Wildman–Crippen LogP) is 4.63. The second-order valence-electron chi connectivity index (χ2n) is 5.51. The lowest BCUT2D eigenvalue weighted by atomic mass is 10.0. The third kappa shape index (κ3) is 5.10. The van der Waals surface area contributed by atoms with E-state index in [2.05, 4.69) is 48.8 Å². The Bertz CT molecular complexity index is 523. The zero-order valence-electron chi connectivity index (χ0n) is 13.2. The van der Waals surface area contributed by atoms with Crippen molar-refractivity contribution in [2.24, 2.45) is 0 Å². The van der Waals surface area contributed by atoms with Crippen molar-refractivity contribution in [1.29, 1.82) is 0 Å². The fraction of sp³-hybridized carbons (Fsp3) is 0.556. The molecule has 1 heterocycles. The van der Waals surface area contributed by atoms with E-state index in [-0.39, 0.29) is 0 Å². The minimum Gasteiger partial charge on any atom is -0.381 e. The average molecular weight is 305 g/mol. The van der Waals surface area contributed by atoms with Crippen LogP contribution < -0.4 is 5.32 Å². The van der Waals surface area contributed by atoms with Gasteiger partial charge < -0.3 is 10.1 Å². The molecular weight excluding hydrogens is 278 g/mol. The molecule has 1 unspecified atom stereocenters. The monoisotopic (exact) mass is 305 g/mol. The van der Waals surface area contributed by atoms with Gasteiger partial charge in [-0.2, -0.15) is 0 Å². The Labute approximate surface area is 132 Å². The molecule has 0 amide bonds. The van der Waals surface area contributed by atoms with Gasteiger partial charge in [-0.05, 0) is 54.6 Å². The van der Waals surface area contributed by atoms with Crippen molar-refractivity contribution in [3.63, 3.8) is 0 Å². The van der Waals surface area contributed by atoms with Crippen molar-refractivity contribution in [3.8, 4) is 0 Å². The van der Waals surface area contributed by atoms with Gasteiger partial charge in [0.1, 0.15) is 0 Å². The smallest absolute Gasteiger partial charge is 0.0480 e. The van der Waals surface area contributed by atoms with Gasteiger partial charge in [0.05, 0.1) is 0 Å². The normalized spacial score (nSPS) is 12.9. The van der Waals surface area contributed by atoms with E-state index in [0.717, 1.165) is 39.0 Å². The molecule has 21 heavy (non-hydrogen) atoms. The molecule has 0 spiro atoms. The summed E-state index contributed by atoms with van der Waals surface area (Å²) < 4.78 is 7.06. The second kappa shape index (κ2) is 9.19. The van der Waals surface area contributed by atoms with Crippen molar-refractivity contribution >= 4 is 21.4 Å². The number of hydrogen-bond acceptors (Lipinski definition) is 3. The lowest BCUT2D eigenvalue weighted by Crippen LogP contribution is -2.33. The van der Waals surface area contributed by atoms with Crippen LogP contribution >= 0.6 is 11.3 Å². The Hall–Kier alpha value is -0.900. The predicted molar refractivity (Wildman–Crippen MR) is 93.3 cm³/mol. The van der Waals surface area contributed by atoms with E-state index in [0.29, 0.717) is 6.04 Å². The van der Waals surface area contributed by atoms with Gasteiger partial charge in [-0.25, -0.2) is 0 Å². The summed E-state index contributed by atoms with van der Waals surface area (Å²) in [6, 6.07) is 9.22. The van der Waals surface area contributed by atoms with E-state index in [1.54, 1.807) is 0 Å². The summed E-state index contributed by atoms with van der Waals surface area (Å²) in [6.07, 6.45) is 4.46. The minimum atomic E-state index is 0.514. The first-order valence-electron chi connectivity index (χ1n) is 8.11. The molecule has 0 radical (unpaired) electrons. The van der Waals surface area contributed by atoms with Gasteiger partial charge in [-0.15, -0.1) is 11.3 Å². The summed E-state index contributed by atoms with van der Waals surface area (Å²) >= 11 is 1.85. The van der Waals surface area contributed by atoms with E-state index < -0.39 is 0 Å². The number of hydrogen-bond donors (Lipinski definition) is 1. The summed E-state index contributed by atoms with van der Waals surface area (Å²) in [5.74, 6) is 0. The van der Waals surface area contributed by atoms with Crippen LogP contribution in [0.4, 0.5) is 0 Å².